The number of aliphatic hydroxyl groups excluding tert-OH is 1. The van der Waals surface area contributed by atoms with E-state index in [0.29, 0.717) is 42.7 Å². The van der Waals surface area contributed by atoms with Gasteiger partial charge in [-0.15, -0.1) is 24.0 Å². The zero-order chi connectivity index (χ0) is 19.3. The van der Waals surface area contributed by atoms with Gasteiger partial charge in [-0.05, 0) is 26.8 Å². The second-order valence-corrected chi connectivity index (χ2v) is 7.60. The standard InChI is InChI=1S/C18H27ClN4O3.HI/c1-18(2,3)26-17(25)23-10-8-22(9-11-23)16(20)21-12-15(24)13-6-4-5-7-14(13)19;/h4-7,15,24H,8-12H2,1-3H3,(H2,20,21);1H. The Labute approximate surface area is 182 Å². The molecule has 3 N–H and O–H groups in total. The summed E-state index contributed by atoms with van der Waals surface area (Å²) < 4.78 is 5.37. The van der Waals surface area contributed by atoms with Gasteiger partial charge in [0.25, 0.3) is 0 Å². The summed E-state index contributed by atoms with van der Waals surface area (Å²) in [4.78, 5) is 19.9. The number of benzene rings is 1. The van der Waals surface area contributed by atoms with Crippen molar-refractivity contribution in [2.24, 2.45) is 10.7 Å². The Hall–Kier alpha value is -1.26. The average Bonchev–Trinajstić information content (AvgIpc) is 2.58. The monoisotopic (exact) mass is 510 g/mol. The first-order valence-corrected chi connectivity index (χ1v) is 9.00. The van der Waals surface area contributed by atoms with Crippen LogP contribution in [0.15, 0.2) is 29.3 Å². The first-order valence-electron chi connectivity index (χ1n) is 8.62. The molecular formula is C18H28ClIN4O3. The number of aliphatic imine (C=N–C) groups is 1. The molecule has 1 fully saturated rings. The van der Waals surface area contributed by atoms with Crippen LogP contribution >= 0.6 is 35.6 Å². The highest BCUT2D eigenvalue weighted by molar-refractivity contribution is 14.0. The number of hydrogen-bond acceptors (Lipinski definition) is 4. The summed E-state index contributed by atoms with van der Waals surface area (Å²) >= 11 is 6.08. The highest BCUT2D eigenvalue weighted by atomic mass is 127. The first kappa shape index (κ1) is 23.8. The lowest BCUT2D eigenvalue weighted by atomic mass is 10.1. The molecule has 2 rings (SSSR count). The van der Waals surface area contributed by atoms with Crippen molar-refractivity contribution >= 4 is 47.6 Å². The number of aliphatic hydroxyl groups is 1. The van der Waals surface area contributed by atoms with Gasteiger partial charge in [0.05, 0.1) is 6.54 Å². The molecule has 0 aliphatic carbocycles. The lowest BCUT2D eigenvalue weighted by molar-refractivity contribution is 0.0186. The molecule has 1 amide bonds. The minimum absolute atomic E-state index is 0. The molecule has 0 spiro atoms. The van der Waals surface area contributed by atoms with Gasteiger partial charge in [0.2, 0.25) is 0 Å². The predicted molar refractivity (Wildman–Crippen MR) is 118 cm³/mol. The quantitative estimate of drug-likeness (QED) is 0.371. The number of nitrogens with zero attached hydrogens (tertiary/aromatic N) is 3. The van der Waals surface area contributed by atoms with E-state index in [4.69, 9.17) is 22.1 Å². The molecule has 1 unspecified atom stereocenters. The Kier molecular flexibility index (Phi) is 9.10. The zero-order valence-electron chi connectivity index (χ0n) is 15.9. The van der Waals surface area contributed by atoms with Crippen LogP contribution < -0.4 is 5.73 Å². The summed E-state index contributed by atoms with van der Waals surface area (Å²) in [6.45, 7) is 7.81. The van der Waals surface area contributed by atoms with Crippen molar-refractivity contribution in [3.8, 4) is 0 Å². The van der Waals surface area contributed by atoms with Gasteiger partial charge in [-0.25, -0.2) is 4.79 Å². The zero-order valence-corrected chi connectivity index (χ0v) is 19.0. The second kappa shape index (κ2) is 10.3. The van der Waals surface area contributed by atoms with E-state index in [1.165, 1.54) is 0 Å². The number of guanidine groups is 1. The van der Waals surface area contributed by atoms with E-state index in [1.54, 1.807) is 23.1 Å². The van der Waals surface area contributed by atoms with E-state index >= 15 is 0 Å². The summed E-state index contributed by atoms with van der Waals surface area (Å²) in [5.74, 6) is 0.347. The summed E-state index contributed by atoms with van der Waals surface area (Å²) in [6, 6.07) is 7.11. The topological polar surface area (TPSA) is 91.4 Å². The van der Waals surface area contributed by atoms with E-state index in [0.717, 1.165) is 0 Å². The molecule has 1 aromatic carbocycles. The normalized spacial score (nSPS) is 16.6. The highest BCUT2D eigenvalue weighted by Gasteiger charge is 2.26. The number of ether oxygens (including phenoxy) is 1. The number of piperazine rings is 1. The predicted octanol–water partition coefficient (Wildman–Crippen LogP) is 2.86. The fourth-order valence-electron chi connectivity index (χ4n) is 2.57. The minimum atomic E-state index is -0.815. The first-order chi connectivity index (χ1) is 12.2. The number of nitrogens with two attached hydrogens (primary N) is 1. The van der Waals surface area contributed by atoms with Gasteiger partial charge in [0.1, 0.15) is 11.7 Å². The van der Waals surface area contributed by atoms with Crippen LogP contribution in [-0.4, -0.2) is 65.3 Å². The lowest BCUT2D eigenvalue weighted by Crippen LogP contribution is -2.53. The Bertz CT molecular complexity index is 658. The second-order valence-electron chi connectivity index (χ2n) is 7.19. The third kappa shape index (κ3) is 7.34. The summed E-state index contributed by atoms with van der Waals surface area (Å²) in [7, 11) is 0. The van der Waals surface area contributed by atoms with Crippen molar-refractivity contribution in [3.63, 3.8) is 0 Å². The third-order valence-corrected chi connectivity index (χ3v) is 4.29. The number of amides is 1. The van der Waals surface area contributed by atoms with Crippen molar-refractivity contribution < 1.29 is 14.6 Å². The van der Waals surface area contributed by atoms with Crippen molar-refractivity contribution in [3.05, 3.63) is 34.9 Å². The number of carbonyl (C=O) groups is 1. The summed E-state index contributed by atoms with van der Waals surface area (Å²) in [6.07, 6.45) is -1.13. The van der Waals surface area contributed by atoms with Gasteiger partial charge in [-0.3, -0.25) is 4.99 Å². The molecule has 0 aromatic heterocycles. The summed E-state index contributed by atoms with van der Waals surface area (Å²) in [5.41, 5.74) is 6.15. The molecule has 0 radical (unpaired) electrons. The SMILES string of the molecule is CC(C)(C)OC(=O)N1CCN(C(N)=NCC(O)c2ccccc2Cl)CC1.I. The van der Waals surface area contributed by atoms with Crippen molar-refractivity contribution in [1.29, 1.82) is 0 Å². The van der Waals surface area contributed by atoms with E-state index in [1.807, 2.05) is 31.7 Å². The van der Waals surface area contributed by atoms with E-state index in [-0.39, 0.29) is 36.6 Å². The van der Waals surface area contributed by atoms with E-state index in [9.17, 15) is 9.90 Å². The van der Waals surface area contributed by atoms with Gasteiger partial charge in [-0.1, -0.05) is 29.8 Å². The van der Waals surface area contributed by atoms with Crippen LogP contribution in [0.2, 0.25) is 5.02 Å². The average molecular weight is 511 g/mol. The molecule has 1 saturated heterocycles. The molecule has 1 atom stereocenters. The van der Waals surface area contributed by atoms with E-state index in [2.05, 4.69) is 4.99 Å². The maximum absolute atomic E-state index is 12.1. The molecule has 1 aromatic rings. The molecule has 152 valence electrons. The number of carbonyl (C=O) groups excluding carboxylic acids is 1. The number of hydrogen-bond donors (Lipinski definition) is 2. The number of halogens is 2. The Morgan fingerprint density at radius 1 is 1.26 bits per heavy atom. The van der Waals surface area contributed by atoms with Crippen LogP contribution in [0.1, 0.15) is 32.4 Å². The lowest BCUT2D eigenvalue weighted by Gasteiger charge is -2.36. The fraction of sp³-hybridized carbons (Fsp3) is 0.556. The van der Waals surface area contributed by atoms with E-state index < -0.39 is 11.7 Å². The molecule has 27 heavy (non-hydrogen) atoms. The number of rotatable bonds is 3. The molecular weight excluding hydrogens is 483 g/mol. The molecule has 0 saturated carbocycles. The maximum Gasteiger partial charge on any atom is 0.410 e. The van der Waals surface area contributed by atoms with Crippen LogP contribution in [0.4, 0.5) is 4.79 Å². The fourth-order valence-corrected chi connectivity index (χ4v) is 2.83. The molecule has 1 aliphatic rings. The Balaban J connectivity index is 0.00000364. The van der Waals surface area contributed by atoms with Crippen LogP contribution in [-0.2, 0) is 4.74 Å². The van der Waals surface area contributed by atoms with Crippen LogP contribution in [0.25, 0.3) is 0 Å². The van der Waals surface area contributed by atoms with Gasteiger partial charge in [0, 0.05) is 36.8 Å². The van der Waals surface area contributed by atoms with Gasteiger partial charge >= 0.3 is 6.09 Å². The largest absolute Gasteiger partial charge is 0.444 e. The molecule has 9 heteroatoms. The van der Waals surface area contributed by atoms with Crippen LogP contribution in [0, 0.1) is 0 Å². The maximum atomic E-state index is 12.1. The van der Waals surface area contributed by atoms with Crippen molar-refractivity contribution in [1.82, 2.24) is 9.80 Å². The highest BCUT2D eigenvalue weighted by Crippen LogP contribution is 2.22. The van der Waals surface area contributed by atoms with Crippen LogP contribution in [0.5, 0.6) is 0 Å². The smallest absolute Gasteiger partial charge is 0.410 e. The molecule has 0 bridgehead atoms. The Morgan fingerprint density at radius 2 is 1.81 bits per heavy atom. The molecule has 7 nitrogen and oxygen atoms in total. The minimum Gasteiger partial charge on any atom is -0.444 e. The van der Waals surface area contributed by atoms with Crippen molar-refractivity contribution in [2.75, 3.05) is 32.7 Å². The van der Waals surface area contributed by atoms with Crippen molar-refractivity contribution in [2.45, 2.75) is 32.5 Å². The van der Waals surface area contributed by atoms with Gasteiger partial charge in [-0.2, -0.15) is 0 Å². The van der Waals surface area contributed by atoms with Gasteiger partial charge in [0.15, 0.2) is 5.96 Å². The van der Waals surface area contributed by atoms with Crippen LogP contribution in [0.3, 0.4) is 0 Å². The molecule has 1 heterocycles. The Morgan fingerprint density at radius 3 is 2.37 bits per heavy atom. The molecule has 1 aliphatic heterocycles. The summed E-state index contributed by atoms with van der Waals surface area (Å²) in [5, 5.41) is 10.7. The van der Waals surface area contributed by atoms with Gasteiger partial charge < -0.3 is 25.4 Å². The third-order valence-electron chi connectivity index (χ3n) is 3.95.